The summed E-state index contributed by atoms with van der Waals surface area (Å²) in [6.07, 6.45) is 1.72. The summed E-state index contributed by atoms with van der Waals surface area (Å²) < 4.78 is 17.1. The lowest BCUT2D eigenvalue weighted by Gasteiger charge is -2.15. The molecule has 164 valence electrons. The third-order valence-corrected chi connectivity index (χ3v) is 5.28. The molecule has 2 amide bonds. The maximum atomic E-state index is 12.7. The molecule has 7 heteroatoms. The number of hydrogen-bond donors (Lipinski definition) is 0. The van der Waals surface area contributed by atoms with Crippen LogP contribution in [0.4, 0.5) is 4.79 Å². The summed E-state index contributed by atoms with van der Waals surface area (Å²) in [6, 6.07) is 13.1. The number of ether oxygens (including phenoxy) is 3. The van der Waals surface area contributed by atoms with E-state index in [1.165, 1.54) is 4.90 Å². The maximum Gasteiger partial charge on any atom is 0.293 e. The highest BCUT2D eigenvalue weighted by molar-refractivity contribution is 8.18. The fraction of sp³-hybridized carbons (Fsp3) is 0.333. The Hall–Kier alpha value is -2.93. The van der Waals surface area contributed by atoms with E-state index in [2.05, 4.69) is 0 Å². The van der Waals surface area contributed by atoms with Crippen LogP contribution in [0, 0.1) is 6.92 Å². The molecule has 0 atom stereocenters. The minimum absolute atomic E-state index is 0.0172. The van der Waals surface area contributed by atoms with Crippen molar-refractivity contribution in [2.24, 2.45) is 0 Å². The fourth-order valence-electron chi connectivity index (χ4n) is 3.04. The number of amides is 2. The molecule has 31 heavy (non-hydrogen) atoms. The van der Waals surface area contributed by atoms with Crippen molar-refractivity contribution in [2.45, 2.75) is 33.8 Å². The molecule has 6 nitrogen and oxygen atoms in total. The van der Waals surface area contributed by atoms with E-state index in [1.54, 1.807) is 6.08 Å². The van der Waals surface area contributed by atoms with Gasteiger partial charge in [-0.3, -0.25) is 14.5 Å². The molecule has 0 bridgehead atoms. The zero-order chi connectivity index (χ0) is 22.4. The third-order valence-electron chi connectivity index (χ3n) is 4.37. The average molecular weight is 442 g/mol. The minimum Gasteiger partial charge on any atom is -0.492 e. The molecule has 0 spiro atoms. The van der Waals surface area contributed by atoms with E-state index in [9.17, 15) is 9.59 Å². The Labute approximate surface area is 187 Å². The maximum absolute atomic E-state index is 12.7. The monoisotopic (exact) mass is 441 g/mol. The molecule has 1 aliphatic heterocycles. The van der Waals surface area contributed by atoms with Gasteiger partial charge in [0.15, 0.2) is 11.5 Å². The fourth-order valence-corrected chi connectivity index (χ4v) is 3.90. The van der Waals surface area contributed by atoms with Crippen molar-refractivity contribution in [2.75, 3.05) is 19.8 Å². The Morgan fingerprint density at radius 3 is 2.58 bits per heavy atom. The van der Waals surface area contributed by atoms with Crippen molar-refractivity contribution in [3.63, 3.8) is 0 Å². The predicted octanol–water partition coefficient (Wildman–Crippen LogP) is 5.30. The van der Waals surface area contributed by atoms with Gasteiger partial charge >= 0.3 is 0 Å². The van der Waals surface area contributed by atoms with Gasteiger partial charge in [0.25, 0.3) is 11.1 Å². The van der Waals surface area contributed by atoms with Gasteiger partial charge < -0.3 is 14.2 Å². The number of nitrogens with zero attached hydrogens (tertiary/aromatic N) is 1. The van der Waals surface area contributed by atoms with E-state index in [4.69, 9.17) is 14.2 Å². The molecule has 1 heterocycles. The van der Waals surface area contributed by atoms with Gasteiger partial charge in [0.2, 0.25) is 0 Å². The van der Waals surface area contributed by atoms with Crippen LogP contribution in [0.2, 0.25) is 0 Å². The van der Waals surface area contributed by atoms with Crippen LogP contribution >= 0.6 is 11.8 Å². The summed E-state index contributed by atoms with van der Waals surface area (Å²) >= 11 is 0.930. The van der Waals surface area contributed by atoms with E-state index in [1.807, 2.05) is 70.2 Å². The molecule has 1 saturated heterocycles. The van der Waals surface area contributed by atoms with Crippen molar-refractivity contribution in [3.05, 3.63) is 58.5 Å². The van der Waals surface area contributed by atoms with Crippen LogP contribution in [0.25, 0.3) is 6.08 Å². The lowest BCUT2D eigenvalue weighted by molar-refractivity contribution is -0.123. The number of imide groups is 1. The minimum atomic E-state index is -0.316. The van der Waals surface area contributed by atoms with Gasteiger partial charge in [-0.15, -0.1) is 0 Å². The molecule has 2 aromatic rings. The molecular weight excluding hydrogens is 414 g/mol. The van der Waals surface area contributed by atoms with Gasteiger partial charge in [0.05, 0.1) is 24.2 Å². The second kappa shape index (κ2) is 10.4. The Morgan fingerprint density at radius 1 is 1.06 bits per heavy atom. The van der Waals surface area contributed by atoms with Crippen molar-refractivity contribution in [3.8, 4) is 17.2 Å². The van der Waals surface area contributed by atoms with E-state index in [0.717, 1.165) is 28.6 Å². The van der Waals surface area contributed by atoms with Crippen LogP contribution < -0.4 is 14.2 Å². The largest absolute Gasteiger partial charge is 0.492 e. The van der Waals surface area contributed by atoms with Crippen LogP contribution in [0.1, 0.15) is 31.9 Å². The third kappa shape index (κ3) is 6.04. The number of aryl methyl sites for hydroxylation is 1. The van der Waals surface area contributed by atoms with Gasteiger partial charge in [0.1, 0.15) is 12.4 Å². The molecule has 0 saturated carbocycles. The van der Waals surface area contributed by atoms with E-state index >= 15 is 0 Å². The topological polar surface area (TPSA) is 65.1 Å². The first-order valence-corrected chi connectivity index (χ1v) is 11.1. The number of rotatable bonds is 9. The summed E-state index contributed by atoms with van der Waals surface area (Å²) in [4.78, 5) is 26.7. The molecule has 0 unspecified atom stereocenters. The number of benzene rings is 2. The van der Waals surface area contributed by atoms with E-state index < -0.39 is 0 Å². The SMILES string of the molecule is CCOc1cc(/C=C2\SC(=O)N(CCOc3cccc(C)c3)C2=O)ccc1OC(C)C. The van der Waals surface area contributed by atoms with Gasteiger partial charge in [-0.1, -0.05) is 18.2 Å². The van der Waals surface area contributed by atoms with Gasteiger partial charge in [-0.25, -0.2) is 0 Å². The summed E-state index contributed by atoms with van der Waals surface area (Å²) in [5.41, 5.74) is 1.85. The Morgan fingerprint density at radius 2 is 1.87 bits per heavy atom. The number of carbonyl (C=O) groups is 2. The number of carbonyl (C=O) groups excluding carboxylic acids is 2. The molecule has 1 fully saturated rings. The lowest BCUT2D eigenvalue weighted by Crippen LogP contribution is -2.32. The zero-order valence-corrected chi connectivity index (χ0v) is 19.0. The zero-order valence-electron chi connectivity index (χ0n) is 18.2. The molecule has 2 aromatic carbocycles. The van der Waals surface area contributed by atoms with Crippen molar-refractivity contribution >= 4 is 29.0 Å². The predicted molar refractivity (Wildman–Crippen MR) is 123 cm³/mol. The van der Waals surface area contributed by atoms with E-state index in [0.29, 0.717) is 23.0 Å². The van der Waals surface area contributed by atoms with Crippen molar-refractivity contribution < 1.29 is 23.8 Å². The Balaban J connectivity index is 1.68. The normalized spacial score (nSPS) is 15.1. The number of hydrogen-bond acceptors (Lipinski definition) is 6. The summed E-state index contributed by atoms with van der Waals surface area (Å²) in [5.74, 6) is 1.66. The second-order valence-electron chi connectivity index (χ2n) is 7.30. The van der Waals surface area contributed by atoms with Gasteiger partial charge in [-0.05, 0) is 80.9 Å². The second-order valence-corrected chi connectivity index (χ2v) is 8.30. The molecule has 1 aliphatic rings. The van der Waals surface area contributed by atoms with E-state index in [-0.39, 0.29) is 30.4 Å². The molecular formula is C24H27NO5S. The van der Waals surface area contributed by atoms with Crippen molar-refractivity contribution in [1.82, 2.24) is 4.90 Å². The quantitative estimate of drug-likeness (QED) is 0.492. The molecule has 0 radical (unpaired) electrons. The van der Waals surface area contributed by atoms with Crippen LogP contribution in [0.15, 0.2) is 47.4 Å². The molecule has 0 aromatic heterocycles. The average Bonchev–Trinajstić information content (AvgIpc) is 2.97. The summed E-state index contributed by atoms with van der Waals surface area (Å²) in [7, 11) is 0. The molecule has 3 rings (SSSR count). The first-order chi connectivity index (χ1) is 14.9. The molecule has 0 aliphatic carbocycles. The first kappa shape index (κ1) is 22.7. The highest BCUT2D eigenvalue weighted by Crippen LogP contribution is 2.35. The highest BCUT2D eigenvalue weighted by atomic mass is 32.2. The van der Waals surface area contributed by atoms with Crippen LogP contribution in [-0.4, -0.2) is 41.9 Å². The van der Waals surface area contributed by atoms with Crippen LogP contribution in [0.3, 0.4) is 0 Å². The molecule has 0 N–H and O–H groups in total. The Kier molecular flexibility index (Phi) is 7.63. The summed E-state index contributed by atoms with van der Waals surface area (Å²) in [5, 5.41) is -0.297. The van der Waals surface area contributed by atoms with Crippen LogP contribution in [0.5, 0.6) is 17.2 Å². The summed E-state index contributed by atoms with van der Waals surface area (Å²) in [6.45, 7) is 8.70. The van der Waals surface area contributed by atoms with Crippen molar-refractivity contribution in [1.29, 1.82) is 0 Å². The van der Waals surface area contributed by atoms with Gasteiger partial charge in [0, 0.05) is 0 Å². The lowest BCUT2D eigenvalue weighted by atomic mass is 10.2. The van der Waals surface area contributed by atoms with Crippen LogP contribution in [-0.2, 0) is 4.79 Å². The first-order valence-electron chi connectivity index (χ1n) is 10.3. The standard InChI is InChI=1S/C24H27NO5S/c1-5-28-21-14-18(9-10-20(21)30-16(2)3)15-22-23(26)25(24(27)31-22)11-12-29-19-8-6-7-17(4)13-19/h6-10,13-16H,5,11-12H2,1-4H3/b22-15-. The highest BCUT2D eigenvalue weighted by Gasteiger charge is 2.34. The number of thioether (sulfide) groups is 1. The smallest absolute Gasteiger partial charge is 0.293 e. The Bertz CT molecular complexity index is 986. The van der Waals surface area contributed by atoms with Gasteiger partial charge in [-0.2, -0.15) is 0 Å².